The predicted molar refractivity (Wildman–Crippen MR) is 222 cm³/mol. The van der Waals surface area contributed by atoms with Crippen LogP contribution in [0, 0.1) is 27.7 Å². The highest BCUT2D eigenvalue weighted by Crippen LogP contribution is 2.29. The SMILES string of the molecule is C.Cc1cnc(-c2ccc3cc(-c4ccccc4)ccc3c2)c(C)n1.Cc1cnc(Cl)c(C)n1.OB(O)c1ccc2cc(-c3ccccc3)ccc2c1. The van der Waals surface area contributed by atoms with Crippen molar-refractivity contribution in [1.29, 1.82) is 0 Å². The van der Waals surface area contributed by atoms with E-state index in [0.717, 1.165) is 50.4 Å². The molecule has 0 atom stereocenters. The van der Waals surface area contributed by atoms with Crippen LogP contribution in [0.4, 0.5) is 0 Å². The molecular weight excluding hydrogens is 675 g/mol. The molecule has 53 heavy (non-hydrogen) atoms. The van der Waals surface area contributed by atoms with Crippen molar-refractivity contribution in [2.45, 2.75) is 35.1 Å². The number of hydrogen-bond donors (Lipinski definition) is 2. The molecule has 0 radical (unpaired) electrons. The summed E-state index contributed by atoms with van der Waals surface area (Å²) in [5.41, 5.74) is 11.0. The van der Waals surface area contributed by atoms with E-state index in [2.05, 4.69) is 98.8 Å². The van der Waals surface area contributed by atoms with Crippen LogP contribution in [0.25, 0.3) is 55.1 Å². The smallest absolute Gasteiger partial charge is 0.423 e. The normalized spacial score (nSPS) is 10.4. The molecule has 0 amide bonds. The van der Waals surface area contributed by atoms with Gasteiger partial charge in [-0.2, -0.15) is 0 Å². The maximum atomic E-state index is 9.17. The van der Waals surface area contributed by atoms with E-state index in [9.17, 15) is 10.0 Å². The molecule has 6 aromatic carbocycles. The fourth-order valence-corrected chi connectivity index (χ4v) is 5.99. The van der Waals surface area contributed by atoms with Crippen molar-refractivity contribution in [2.24, 2.45) is 0 Å². The molecule has 0 unspecified atom stereocenters. The zero-order valence-corrected chi connectivity index (χ0v) is 30.3. The predicted octanol–water partition coefficient (Wildman–Crippen LogP) is 10.2. The minimum absolute atomic E-state index is 0. The first kappa shape index (κ1) is 38.5. The molecule has 8 aromatic rings. The summed E-state index contributed by atoms with van der Waals surface area (Å²) in [6, 6.07) is 45.3. The molecule has 8 rings (SSSR count). The van der Waals surface area contributed by atoms with Crippen molar-refractivity contribution in [3.63, 3.8) is 0 Å². The monoisotopic (exact) mass is 716 g/mol. The summed E-state index contributed by atoms with van der Waals surface area (Å²) >= 11 is 5.61. The Morgan fingerprint density at radius 2 is 0.906 bits per heavy atom. The number of rotatable bonds is 4. The number of aromatic nitrogens is 4. The van der Waals surface area contributed by atoms with Crippen LogP contribution in [0.3, 0.4) is 0 Å². The maximum Gasteiger partial charge on any atom is 0.488 e. The lowest BCUT2D eigenvalue weighted by atomic mass is 9.79. The van der Waals surface area contributed by atoms with E-state index in [1.54, 1.807) is 18.3 Å². The number of benzene rings is 6. The van der Waals surface area contributed by atoms with Gasteiger partial charge in [-0.05, 0) is 95.2 Å². The highest BCUT2D eigenvalue weighted by molar-refractivity contribution is 6.58. The standard InChI is InChI=1S/C22H18N2.C16H13BO2.C6H7ClN2.CH4/c1-15-14-23-22(16(2)24-15)21-11-10-19-12-18(8-9-20(19)13-21)17-6-4-3-5-7-17;18-17(19)16-9-8-14-10-13(6-7-15(14)11-16)12-4-2-1-3-5-12;1-4-3-8-6(7)5(2)9-4;/h3-14H,1-2H3;1-11,18-19H;3H,1-2H3;1H4. The van der Waals surface area contributed by atoms with Crippen LogP contribution >= 0.6 is 11.6 Å². The van der Waals surface area contributed by atoms with Gasteiger partial charge in [0, 0.05) is 18.0 Å². The van der Waals surface area contributed by atoms with Crippen LogP contribution < -0.4 is 5.46 Å². The van der Waals surface area contributed by atoms with E-state index < -0.39 is 7.12 Å². The second-order valence-electron chi connectivity index (χ2n) is 12.5. The topological polar surface area (TPSA) is 92.0 Å². The van der Waals surface area contributed by atoms with Crippen LogP contribution in [-0.2, 0) is 0 Å². The van der Waals surface area contributed by atoms with E-state index in [-0.39, 0.29) is 7.43 Å². The van der Waals surface area contributed by atoms with Gasteiger partial charge in [0.15, 0.2) is 0 Å². The van der Waals surface area contributed by atoms with E-state index >= 15 is 0 Å². The second kappa shape index (κ2) is 17.7. The van der Waals surface area contributed by atoms with Crippen LogP contribution in [0.1, 0.15) is 30.2 Å². The Balaban J connectivity index is 0.000000167. The minimum atomic E-state index is -1.42. The third-order valence-electron chi connectivity index (χ3n) is 8.56. The number of halogens is 1. The van der Waals surface area contributed by atoms with Crippen molar-refractivity contribution in [3.05, 3.63) is 174 Å². The number of aryl methyl sites for hydroxylation is 4. The van der Waals surface area contributed by atoms with Gasteiger partial charge in [0.25, 0.3) is 0 Å². The molecule has 0 aliphatic rings. The molecule has 0 aliphatic carbocycles. The summed E-state index contributed by atoms with van der Waals surface area (Å²) in [5.74, 6) is 0. The van der Waals surface area contributed by atoms with Crippen LogP contribution in [-0.4, -0.2) is 37.1 Å². The Morgan fingerprint density at radius 1 is 0.472 bits per heavy atom. The quantitative estimate of drug-likeness (QED) is 0.176. The second-order valence-corrected chi connectivity index (χ2v) is 12.9. The summed E-state index contributed by atoms with van der Waals surface area (Å²) in [7, 11) is -1.42. The first-order chi connectivity index (χ1) is 25.1. The molecule has 0 spiro atoms. The summed E-state index contributed by atoms with van der Waals surface area (Å²) in [4.78, 5) is 17.0. The Morgan fingerprint density at radius 3 is 1.38 bits per heavy atom. The molecule has 0 fully saturated rings. The van der Waals surface area contributed by atoms with E-state index in [1.807, 2.05) is 76.4 Å². The highest BCUT2D eigenvalue weighted by Gasteiger charge is 2.11. The van der Waals surface area contributed by atoms with Gasteiger partial charge in [0.2, 0.25) is 0 Å². The molecule has 0 bridgehead atoms. The fraction of sp³-hybridized carbons (Fsp3) is 0.111. The van der Waals surface area contributed by atoms with Gasteiger partial charge >= 0.3 is 7.12 Å². The molecule has 2 heterocycles. The lowest BCUT2D eigenvalue weighted by Gasteiger charge is -2.08. The minimum Gasteiger partial charge on any atom is -0.423 e. The summed E-state index contributed by atoms with van der Waals surface area (Å²) in [6.07, 6.45) is 3.47. The van der Waals surface area contributed by atoms with E-state index in [1.165, 1.54) is 27.5 Å². The van der Waals surface area contributed by atoms with Gasteiger partial charge in [-0.1, -0.05) is 134 Å². The Bertz CT molecular complexity index is 2460. The van der Waals surface area contributed by atoms with Gasteiger partial charge in [-0.3, -0.25) is 15.0 Å². The Hall–Kier alpha value is -5.73. The third-order valence-corrected chi connectivity index (χ3v) is 8.94. The Labute approximate surface area is 317 Å². The zero-order chi connectivity index (χ0) is 36.6. The first-order valence-corrected chi connectivity index (χ1v) is 17.3. The average Bonchev–Trinajstić information content (AvgIpc) is 3.17. The van der Waals surface area contributed by atoms with E-state index in [0.29, 0.717) is 10.6 Å². The molecule has 2 aromatic heterocycles. The van der Waals surface area contributed by atoms with Crippen LogP contribution in [0.2, 0.25) is 5.15 Å². The molecule has 6 nitrogen and oxygen atoms in total. The van der Waals surface area contributed by atoms with Gasteiger partial charge in [-0.25, -0.2) is 4.98 Å². The molecule has 0 saturated carbocycles. The van der Waals surface area contributed by atoms with Crippen LogP contribution in [0.15, 0.2) is 146 Å². The first-order valence-electron chi connectivity index (χ1n) is 17.0. The Kier molecular flexibility index (Phi) is 12.8. The van der Waals surface area contributed by atoms with Crippen molar-refractivity contribution in [2.75, 3.05) is 0 Å². The van der Waals surface area contributed by atoms with Crippen molar-refractivity contribution >= 4 is 45.7 Å². The fourth-order valence-electron chi connectivity index (χ4n) is 5.90. The molecule has 8 heteroatoms. The zero-order valence-electron chi connectivity index (χ0n) is 29.5. The van der Waals surface area contributed by atoms with Crippen molar-refractivity contribution < 1.29 is 10.0 Å². The maximum absolute atomic E-state index is 9.17. The number of hydrogen-bond acceptors (Lipinski definition) is 6. The van der Waals surface area contributed by atoms with Gasteiger partial charge in [0.05, 0.1) is 28.5 Å². The summed E-state index contributed by atoms with van der Waals surface area (Å²) < 4.78 is 0. The molecule has 0 saturated heterocycles. The van der Waals surface area contributed by atoms with Crippen LogP contribution in [0.5, 0.6) is 0 Å². The lowest BCUT2D eigenvalue weighted by molar-refractivity contribution is 0.426. The lowest BCUT2D eigenvalue weighted by Crippen LogP contribution is -2.29. The molecule has 264 valence electrons. The third kappa shape index (κ3) is 9.79. The average molecular weight is 717 g/mol. The number of nitrogens with zero attached hydrogens (tertiary/aromatic N) is 4. The highest BCUT2D eigenvalue weighted by atomic mass is 35.5. The van der Waals surface area contributed by atoms with Gasteiger partial charge < -0.3 is 10.0 Å². The largest absolute Gasteiger partial charge is 0.488 e. The van der Waals surface area contributed by atoms with Crippen molar-refractivity contribution in [3.8, 4) is 33.5 Å². The van der Waals surface area contributed by atoms with Gasteiger partial charge in [0.1, 0.15) is 5.15 Å². The summed E-state index contributed by atoms with van der Waals surface area (Å²) in [6.45, 7) is 7.70. The van der Waals surface area contributed by atoms with E-state index in [4.69, 9.17) is 11.6 Å². The molecule has 2 N–H and O–H groups in total. The van der Waals surface area contributed by atoms with Gasteiger partial charge in [-0.15, -0.1) is 0 Å². The summed E-state index contributed by atoms with van der Waals surface area (Å²) in [5, 5.41) is 23.4. The van der Waals surface area contributed by atoms with Crippen molar-refractivity contribution in [1.82, 2.24) is 19.9 Å². The molecular formula is C45H42BClN4O2. The number of fused-ring (bicyclic) bond motifs is 2. The molecule has 0 aliphatic heterocycles.